The molecule has 3 heteroatoms. The summed E-state index contributed by atoms with van der Waals surface area (Å²) in [7, 11) is 0. The third kappa shape index (κ3) is 3.35. The Morgan fingerprint density at radius 1 is 1.05 bits per heavy atom. The van der Waals surface area contributed by atoms with Crippen LogP contribution in [0.15, 0.2) is 54.6 Å². The van der Waals surface area contributed by atoms with Gasteiger partial charge in [0.15, 0.2) is 5.75 Å². The Kier molecular flexibility index (Phi) is 3.79. The van der Waals surface area contributed by atoms with Crippen LogP contribution in [0.4, 0.5) is 5.69 Å². The molecule has 1 saturated carbocycles. The molecule has 2 aromatic carbocycles. The van der Waals surface area contributed by atoms with E-state index in [2.05, 4.69) is 11.4 Å². The van der Waals surface area contributed by atoms with Crippen LogP contribution in [-0.2, 0) is 0 Å². The highest BCUT2D eigenvalue weighted by Gasteiger charge is 2.42. The number of nitrogens with zero attached hydrogens (tertiary/aromatic N) is 1. The second kappa shape index (κ2) is 5.88. The molecule has 0 heterocycles. The Hall–Kier alpha value is -2.47. The number of nitriles is 1. The molecule has 21 heavy (non-hydrogen) atoms. The maximum Gasteiger partial charge on any atom is 0.150 e. The van der Waals surface area contributed by atoms with Crippen molar-refractivity contribution in [2.75, 3.05) is 11.9 Å². The monoisotopic (exact) mass is 278 g/mol. The van der Waals surface area contributed by atoms with Crippen LogP contribution in [-0.4, -0.2) is 6.54 Å². The van der Waals surface area contributed by atoms with E-state index in [0.29, 0.717) is 6.42 Å². The highest BCUT2D eigenvalue weighted by atomic mass is 16.5. The Morgan fingerprint density at radius 2 is 1.76 bits per heavy atom. The largest absolute Gasteiger partial charge is 0.455 e. The first kappa shape index (κ1) is 13.5. The summed E-state index contributed by atoms with van der Waals surface area (Å²) in [4.78, 5) is 0. The topological polar surface area (TPSA) is 45.0 Å². The second-order valence-corrected chi connectivity index (χ2v) is 5.60. The van der Waals surface area contributed by atoms with Crippen LogP contribution in [0.2, 0.25) is 0 Å². The van der Waals surface area contributed by atoms with E-state index < -0.39 is 0 Å². The summed E-state index contributed by atoms with van der Waals surface area (Å²) in [6.07, 6.45) is 2.90. The zero-order chi connectivity index (χ0) is 14.5. The Labute approximate surface area is 125 Å². The van der Waals surface area contributed by atoms with Gasteiger partial charge in [-0.05, 0) is 37.1 Å². The third-order valence-electron chi connectivity index (χ3n) is 3.92. The van der Waals surface area contributed by atoms with E-state index in [4.69, 9.17) is 10.00 Å². The van der Waals surface area contributed by atoms with Crippen molar-refractivity contribution in [3.63, 3.8) is 0 Å². The lowest BCUT2D eigenvalue weighted by molar-refractivity contribution is 0.482. The van der Waals surface area contributed by atoms with E-state index in [1.807, 2.05) is 54.6 Å². The van der Waals surface area contributed by atoms with Crippen molar-refractivity contribution in [2.45, 2.75) is 19.3 Å². The Morgan fingerprint density at radius 3 is 2.48 bits per heavy atom. The molecule has 3 nitrogen and oxygen atoms in total. The van der Waals surface area contributed by atoms with Crippen LogP contribution < -0.4 is 10.1 Å². The number of ether oxygens (including phenoxy) is 1. The number of hydrogen-bond donors (Lipinski definition) is 1. The number of benzene rings is 2. The molecule has 1 aliphatic carbocycles. The summed E-state index contributed by atoms with van der Waals surface area (Å²) in [5.74, 6) is 1.64. The van der Waals surface area contributed by atoms with Gasteiger partial charge in [0.05, 0.1) is 11.8 Å². The molecular weight excluding hydrogens is 260 g/mol. The molecule has 106 valence electrons. The zero-order valence-corrected chi connectivity index (χ0v) is 11.9. The molecule has 0 amide bonds. The first-order valence-electron chi connectivity index (χ1n) is 7.24. The molecule has 1 N–H and O–H groups in total. The molecule has 0 aromatic heterocycles. The van der Waals surface area contributed by atoms with Crippen molar-refractivity contribution in [3.05, 3.63) is 54.6 Å². The van der Waals surface area contributed by atoms with Crippen LogP contribution in [0.1, 0.15) is 19.3 Å². The second-order valence-electron chi connectivity index (χ2n) is 5.60. The fraction of sp³-hybridized carbons (Fsp3) is 0.278. The van der Waals surface area contributed by atoms with Gasteiger partial charge in [-0.15, -0.1) is 0 Å². The summed E-state index contributed by atoms with van der Waals surface area (Å²) in [5.41, 5.74) is 1.15. The van der Waals surface area contributed by atoms with Crippen LogP contribution in [0, 0.1) is 16.7 Å². The van der Waals surface area contributed by atoms with Crippen LogP contribution in [0.5, 0.6) is 11.5 Å². The molecule has 0 unspecified atom stereocenters. The third-order valence-corrected chi connectivity index (χ3v) is 3.92. The van der Waals surface area contributed by atoms with Gasteiger partial charge >= 0.3 is 0 Å². The van der Waals surface area contributed by atoms with Gasteiger partial charge in [0.25, 0.3) is 0 Å². The van der Waals surface area contributed by atoms with Crippen molar-refractivity contribution in [2.24, 2.45) is 5.41 Å². The molecule has 3 rings (SSSR count). The van der Waals surface area contributed by atoms with Crippen molar-refractivity contribution in [3.8, 4) is 17.6 Å². The van der Waals surface area contributed by atoms with Gasteiger partial charge in [0.2, 0.25) is 0 Å². The zero-order valence-electron chi connectivity index (χ0n) is 11.9. The van der Waals surface area contributed by atoms with Crippen LogP contribution >= 0.6 is 0 Å². The first-order chi connectivity index (χ1) is 10.3. The van der Waals surface area contributed by atoms with Gasteiger partial charge < -0.3 is 10.1 Å². The number of nitrogens with one attached hydrogen (secondary N) is 1. The normalized spacial score (nSPS) is 15.0. The predicted molar refractivity (Wildman–Crippen MR) is 83.3 cm³/mol. The van der Waals surface area contributed by atoms with Crippen molar-refractivity contribution < 1.29 is 4.74 Å². The molecule has 2 aromatic rings. The summed E-state index contributed by atoms with van der Waals surface area (Å²) in [6.45, 7) is 0.829. The average Bonchev–Trinajstić information content (AvgIpc) is 3.28. The fourth-order valence-corrected chi connectivity index (χ4v) is 2.36. The summed E-state index contributed by atoms with van der Waals surface area (Å²) < 4.78 is 5.93. The number of anilines is 1. The molecule has 1 fully saturated rings. The Balaban J connectivity index is 1.70. The Bertz CT molecular complexity index is 642. The fourth-order valence-electron chi connectivity index (χ4n) is 2.36. The minimum atomic E-state index is 0.175. The minimum Gasteiger partial charge on any atom is -0.455 e. The molecule has 1 aliphatic rings. The van der Waals surface area contributed by atoms with E-state index in [-0.39, 0.29) is 5.41 Å². The van der Waals surface area contributed by atoms with Gasteiger partial charge in [-0.25, -0.2) is 0 Å². The maximum absolute atomic E-state index is 8.89. The summed E-state index contributed by atoms with van der Waals surface area (Å²) >= 11 is 0. The van der Waals surface area contributed by atoms with E-state index in [9.17, 15) is 0 Å². The number of hydrogen-bond acceptors (Lipinski definition) is 3. The summed E-state index contributed by atoms with van der Waals surface area (Å²) in [6, 6.07) is 20.0. The van der Waals surface area contributed by atoms with E-state index in [1.165, 1.54) is 0 Å². The highest BCUT2D eigenvalue weighted by molar-refractivity contribution is 5.57. The maximum atomic E-state index is 8.89. The molecule has 0 radical (unpaired) electrons. The average molecular weight is 278 g/mol. The smallest absolute Gasteiger partial charge is 0.150 e. The molecule has 0 bridgehead atoms. The highest BCUT2D eigenvalue weighted by Crippen LogP contribution is 2.48. The molecule has 0 saturated heterocycles. The van der Waals surface area contributed by atoms with Crippen LogP contribution in [0.3, 0.4) is 0 Å². The first-order valence-corrected chi connectivity index (χ1v) is 7.24. The van der Waals surface area contributed by atoms with Gasteiger partial charge in [0, 0.05) is 18.4 Å². The lowest BCUT2D eigenvalue weighted by atomic mass is 10.0. The van der Waals surface area contributed by atoms with Gasteiger partial charge in [0.1, 0.15) is 5.75 Å². The predicted octanol–water partition coefficient (Wildman–Crippen LogP) is 4.58. The quantitative estimate of drug-likeness (QED) is 0.840. The standard InChI is InChI=1S/C18H18N2O/c19-13-12-18(10-11-18)14-20-16-8-4-5-9-17(16)21-15-6-2-1-3-7-15/h1-9,20H,10-12,14H2. The molecule has 0 aliphatic heterocycles. The molecular formula is C18H18N2O. The van der Waals surface area contributed by atoms with Crippen molar-refractivity contribution in [1.82, 2.24) is 0 Å². The molecule has 0 atom stereocenters. The van der Waals surface area contributed by atoms with Crippen molar-refractivity contribution >= 4 is 5.69 Å². The lowest BCUT2D eigenvalue weighted by Gasteiger charge is -2.16. The van der Waals surface area contributed by atoms with Crippen LogP contribution in [0.25, 0.3) is 0 Å². The minimum absolute atomic E-state index is 0.175. The van der Waals surface area contributed by atoms with E-state index in [1.54, 1.807) is 0 Å². The number of para-hydroxylation sites is 3. The summed E-state index contributed by atoms with van der Waals surface area (Å²) in [5, 5.41) is 12.3. The van der Waals surface area contributed by atoms with Gasteiger partial charge in [-0.3, -0.25) is 0 Å². The van der Waals surface area contributed by atoms with Gasteiger partial charge in [-0.1, -0.05) is 30.3 Å². The van der Waals surface area contributed by atoms with Gasteiger partial charge in [-0.2, -0.15) is 5.26 Å². The van der Waals surface area contributed by atoms with E-state index >= 15 is 0 Å². The number of rotatable bonds is 6. The van der Waals surface area contributed by atoms with Crippen molar-refractivity contribution in [1.29, 1.82) is 5.26 Å². The lowest BCUT2D eigenvalue weighted by Crippen LogP contribution is -2.15. The molecule has 0 spiro atoms. The SMILES string of the molecule is N#CCC1(CNc2ccccc2Oc2ccccc2)CC1. The van der Waals surface area contributed by atoms with E-state index in [0.717, 1.165) is 36.6 Å².